The zero-order valence-electron chi connectivity index (χ0n) is 28.8. The van der Waals surface area contributed by atoms with Gasteiger partial charge in [0.2, 0.25) is 0 Å². The van der Waals surface area contributed by atoms with E-state index in [2.05, 4.69) is 107 Å². The van der Waals surface area contributed by atoms with Crippen LogP contribution in [0.15, 0.2) is 34.3 Å². The van der Waals surface area contributed by atoms with Gasteiger partial charge in [0.15, 0.2) is 0 Å². The van der Waals surface area contributed by atoms with E-state index in [4.69, 9.17) is 40.1 Å². The van der Waals surface area contributed by atoms with E-state index in [0.717, 1.165) is 47.9 Å². The van der Waals surface area contributed by atoms with Crippen LogP contribution in [0.1, 0.15) is 142 Å². The average Bonchev–Trinajstić information content (AvgIpc) is 2.84. The Kier molecular flexibility index (Phi) is 13.4. The van der Waals surface area contributed by atoms with Crippen molar-refractivity contribution in [3.63, 3.8) is 0 Å². The number of rotatable bonds is 4. The van der Waals surface area contributed by atoms with Crippen molar-refractivity contribution in [2.24, 2.45) is 9.98 Å². The van der Waals surface area contributed by atoms with E-state index >= 15 is 0 Å². The summed E-state index contributed by atoms with van der Waals surface area (Å²) in [5, 5.41) is 22.5. The molecule has 8 heteroatoms. The van der Waals surface area contributed by atoms with E-state index < -0.39 is 11.4 Å². The molecule has 0 amide bonds. The number of hydrogen-bond donors (Lipinski definition) is 2. The predicted octanol–water partition coefficient (Wildman–Crippen LogP) is 11.2. The van der Waals surface area contributed by atoms with Crippen LogP contribution in [0, 0.1) is 0 Å². The second-order valence-corrected chi connectivity index (χ2v) is 22.4. The molecule has 4 nitrogen and oxygen atoms in total. The van der Waals surface area contributed by atoms with Gasteiger partial charge in [-0.3, -0.25) is 9.98 Å². The molecule has 1 aliphatic carbocycles. The number of benzene rings is 2. The molecule has 0 radical (unpaired) electrons. The summed E-state index contributed by atoms with van der Waals surface area (Å²) in [6.45, 7) is 26.0. The van der Waals surface area contributed by atoms with Gasteiger partial charge in [-0.15, -0.1) is 0 Å². The van der Waals surface area contributed by atoms with Crippen LogP contribution in [0.5, 0.6) is 11.5 Å². The van der Waals surface area contributed by atoms with Crippen molar-refractivity contribution in [2.45, 2.75) is 143 Å². The number of phenols is 2. The second kappa shape index (κ2) is 15.1. The summed E-state index contributed by atoms with van der Waals surface area (Å²) >= 11 is -1.62. The number of aliphatic imine (C=N–C) groups is 2. The number of phenolic OH excluding ortho intramolecular Hbond substituents is 2. The first-order valence-corrected chi connectivity index (χ1v) is 20.7. The molecule has 247 valence electrons. The fourth-order valence-electron chi connectivity index (χ4n) is 5.31. The van der Waals surface area contributed by atoms with Gasteiger partial charge in [0, 0.05) is 34.7 Å². The maximum atomic E-state index is 11.2. The Morgan fingerprint density at radius 3 is 1.14 bits per heavy atom. The molecule has 0 aliphatic heterocycles. The predicted molar refractivity (Wildman–Crippen MR) is 190 cm³/mol. The molecule has 0 bridgehead atoms. The van der Waals surface area contributed by atoms with Crippen molar-refractivity contribution in [1.29, 1.82) is 0 Å². The van der Waals surface area contributed by atoms with Crippen molar-refractivity contribution >= 4 is 42.6 Å². The second-order valence-electron chi connectivity index (χ2n) is 16.1. The van der Waals surface area contributed by atoms with Gasteiger partial charge in [-0.25, -0.2) is 0 Å². The number of nitrogens with zero attached hydrogens (tertiary/aromatic N) is 2. The normalized spacial score (nSPS) is 18.6. The van der Waals surface area contributed by atoms with Crippen LogP contribution in [-0.4, -0.2) is 34.7 Å². The molecular weight excluding hydrogens is 651 g/mol. The number of halogens is 3. The molecule has 2 N–H and O–H groups in total. The van der Waals surface area contributed by atoms with E-state index in [1.165, 1.54) is 11.1 Å². The standard InChI is InChI=1S/C36H54N2O2.3ClH.Cr/c1-33(2,3)25-17-23(31(39)27(19-25)35(7,8)9)21-37-29-15-13-14-16-30(29)38-22-24-18-26(34(4,5)6)20-28(32(24)40)36(10,11)12;;;;/h17-22,29-30,39-40H,13-16H2,1-12H3;3*1H;/q;;;;+3/p-3/t29-,30-;;;;/m1..../s1. The van der Waals surface area contributed by atoms with Crippen LogP contribution >= 0.6 is 30.1 Å². The third kappa shape index (κ3) is 11.2. The fourth-order valence-corrected chi connectivity index (χ4v) is 5.31. The molecule has 0 spiro atoms. The van der Waals surface area contributed by atoms with E-state index in [-0.39, 0.29) is 33.7 Å². The fraction of sp³-hybridized carbons (Fsp3) is 0.611. The summed E-state index contributed by atoms with van der Waals surface area (Å²) in [6, 6.07) is 8.53. The molecule has 44 heavy (non-hydrogen) atoms. The van der Waals surface area contributed by atoms with Gasteiger partial charge >= 0.3 is 41.5 Å². The van der Waals surface area contributed by atoms with Gasteiger partial charge in [-0.1, -0.05) is 108 Å². The minimum atomic E-state index is -1.62. The van der Waals surface area contributed by atoms with Crippen molar-refractivity contribution in [3.05, 3.63) is 57.6 Å². The van der Waals surface area contributed by atoms with E-state index in [1.54, 1.807) is 0 Å². The Labute approximate surface area is 284 Å². The Morgan fingerprint density at radius 1 is 0.591 bits per heavy atom. The topological polar surface area (TPSA) is 65.2 Å². The first kappa shape index (κ1) is 39.0. The monoisotopic (exact) mass is 703 g/mol. The first-order chi connectivity index (χ1) is 19.9. The molecule has 3 rings (SSSR count). The third-order valence-corrected chi connectivity index (χ3v) is 8.13. The van der Waals surface area contributed by atoms with Gasteiger partial charge in [0.25, 0.3) is 0 Å². The Bertz CT molecular complexity index is 1230. The summed E-state index contributed by atoms with van der Waals surface area (Å²) in [4.78, 5) is 10.1. The molecule has 0 heterocycles. The van der Waals surface area contributed by atoms with Crippen LogP contribution in [0.3, 0.4) is 0 Å². The zero-order valence-corrected chi connectivity index (χ0v) is 32.3. The van der Waals surface area contributed by atoms with Gasteiger partial charge in [0.1, 0.15) is 11.5 Å². The summed E-state index contributed by atoms with van der Waals surface area (Å²) < 4.78 is 0. The van der Waals surface area contributed by atoms with E-state index in [1.807, 2.05) is 12.4 Å². The molecule has 2 aromatic rings. The van der Waals surface area contributed by atoms with Gasteiger partial charge < -0.3 is 10.2 Å². The summed E-state index contributed by atoms with van der Waals surface area (Å²) in [5.74, 6) is 0.637. The molecule has 0 unspecified atom stereocenters. The van der Waals surface area contributed by atoms with Crippen LogP contribution < -0.4 is 0 Å². The Balaban J connectivity index is 0.00000159. The van der Waals surface area contributed by atoms with E-state index in [0.29, 0.717) is 11.5 Å². The molecule has 2 atom stereocenters. The SMILES string of the molecule is CC(C)(C)c1cc(C=N[C@@H]2CCCC[C@H]2N=Cc2cc(C(C)(C)C)cc(C(C)(C)C)c2O)c(O)c(C(C)(C)C)c1.[Cl][Cr]([Cl])[Cl]. The first-order valence-electron chi connectivity index (χ1n) is 15.5. The Hall–Kier alpha value is -1.22. The third-order valence-electron chi connectivity index (χ3n) is 8.13. The van der Waals surface area contributed by atoms with Crippen molar-refractivity contribution in [3.8, 4) is 11.5 Å². The molecular formula is C36H54Cl3CrN2O2. The molecule has 2 aromatic carbocycles. The molecule has 1 aliphatic rings. The quantitative estimate of drug-likeness (QED) is 0.311. The van der Waals surface area contributed by atoms with Crippen molar-refractivity contribution in [2.75, 3.05) is 0 Å². The van der Waals surface area contributed by atoms with Crippen LogP contribution in [0.2, 0.25) is 0 Å². The van der Waals surface area contributed by atoms with Gasteiger partial charge in [-0.2, -0.15) is 0 Å². The van der Waals surface area contributed by atoms with E-state index in [9.17, 15) is 10.2 Å². The van der Waals surface area contributed by atoms with Crippen LogP contribution in [0.4, 0.5) is 0 Å². The maximum absolute atomic E-state index is 11.2. The van der Waals surface area contributed by atoms with Crippen LogP contribution in [-0.2, 0) is 33.0 Å². The van der Waals surface area contributed by atoms with Gasteiger partial charge in [-0.05, 0) is 57.8 Å². The molecule has 0 aromatic heterocycles. The minimum absolute atomic E-state index is 0.0378. The number of hydrogen-bond acceptors (Lipinski definition) is 4. The summed E-state index contributed by atoms with van der Waals surface area (Å²) in [7, 11) is 14.8. The summed E-state index contributed by atoms with van der Waals surface area (Å²) in [5.41, 5.74) is 5.39. The molecule has 1 fully saturated rings. The van der Waals surface area contributed by atoms with Crippen LogP contribution in [0.25, 0.3) is 0 Å². The zero-order chi connectivity index (χ0) is 33.8. The average molecular weight is 705 g/mol. The molecule has 0 saturated heterocycles. The summed E-state index contributed by atoms with van der Waals surface area (Å²) in [6.07, 6.45) is 7.90. The van der Waals surface area contributed by atoms with Crippen molar-refractivity contribution < 1.29 is 21.6 Å². The van der Waals surface area contributed by atoms with Crippen molar-refractivity contribution in [1.82, 2.24) is 0 Å². The van der Waals surface area contributed by atoms with Gasteiger partial charge in [0.05, 0.1) is 12.1 Å². The molecule has 1 saturated carbocycles. The Morgan fingerprint density at radius 2 is 0.886 bits per heavy atom. The number of aromatic hydroxyl groups is 2.